The van der Waals surface area contributed by atoms with Crippen LogP contribution >= 0.6 is 0 Å². The van der Waals surface area contributed by atoms with Gasteiger partial charge in [0.15, 0.2) is 0 Å². The van der Waals surface area contributed by atoms with E-state index >= 15 is 0 Å². The van der Waals surface area contributed by atoms with Crippen LogP contribution in [0.5, 0.6) is 0 Å². The van der Waals surface area contributed by atoms with Gasteiger partial charge in [-0.15, -0.1) is 0 Å². The Balaban J connectivity index is 1.86. The molecule has 4 rings (SSSR count). The van der Waals surface area contributed by atoms with Gasteiger partial charge in [0, 0.05) is 19.2 Å². The van der Waals surface area contributed by atoms with Gasteiger partial charge in [-0.1, -0.05) is 37.3 Å². The lowest BCUT2D eigenvalue weighted by atomic mass is 10.1. The molecule has 0 saturated carbocycles. The lowest BCUT2D eigenvalue weighted by molar-refractivity contribution is 0.181. The van der Waals surface area contributed by atoms with Gasteiger partial charge in [-0.05, 0) is 63.3 Å². The average Bonchev–Trinajstić information content (AvgIpc) is 2.90. The molecular formula is C29H31F2N5O2. The standard InChI is InChI=1S/C29H31F2N5O2/c1-5-20-10-6-9-13-26(20)36-27(32-24-12-8-7-11-22(24)28(36)37)19(2)35(17-16-34(3)4)29(38)33-25-15-14-21(30)18-23(25)31/h6-15,18-19H,5,16-17H2,1-4H3,(H,33,38). The zero-order valence-corrected chi connectivity index (χ0v) is 21.9. The number of carbonyl (C=O) groups is 1. The van der Waals surface area contributed by atoms with Crippen LogP contribution in [0.4, 0.5) is 19.3 Å². The molecule has 1 heterocycles. The Kier molecular flexibility index (Phi) is 8.16. The normalized spacial score (nSPS) is 12.1. The van der Waals surface area contributed by atoms with Gasteiger partial charge in [0.25, 0.3) is 5.56 Å². The van der Waals surface area contributed by atoms with E-state index in [0.29, 0.717) is 41.4 Å². The fraction of sp³-hybridized carbons (Fsp3) is 0.276. The number of rotatable bonds is 8. The zero-order chi connectivity index (χ0) is 27.4. The smallest absolute Gasteiger partial charge is 0.313 e. The second kappa shape index (κ2) is 11.5. The monoisotopic (exact) mass is 519 g/mol. The van der Waals surface area contributed by atoms with Crippen molar-refractivity contribution in [2.45, 2.75) is 26.3 Å². The number of nitrogens with one attached hydrogen (secondary N) is 1. The molecule has 0 radical (unpaired) electrons. The first kappa shape index (κ1) is 26.9. The molecule has 9 heteroatoms. The first-order valence-corrected chi connectivity index (χ1v) is 12.5. The molecule has 0 saturated heterocycles. The number of hydrogen-bond acceptors (Lipinski definition) is 4. The summed E-state index contributed by atoms with van der Waals surface area (Å²) in [6.45, 7) is 4.57. The fourth-order valence-electron chi connectivity index (χ4n) is 4.39. The summed E-state index contributed by atoms with van der Waals surface area (Å²) in [6.07, 6.45) is 0.692. The summed E-state index contributed by atoms with van der Waals surface area (Å²) in [6, 6.07) is 16.4. The Morgan fingerprint density at radius 1 is 1.03 bits per heavy atom. The van der Waals surface area contributed by atoms with Crippen LogP contribution in [-0.2, 0) is 6.42 Å². The summed E-state index contributed by atoms with van der Waals surface area (Å²) in [5.74, 6) is -1.24. The minimum absolute atomic E-state index is 0.140. The summed E-state index contributed by atoms with van der Waals surface area (Å²) in [5, 5.41) is 3.02. The molecule has 4 aromatic rings. The predicted molar refractivity (Wildman–Crippen MR) is 146 cm³/mol. The number of fused-ring (bicyclic) bond motifs is 1. The number of likely N-dealkylation sites (N-methyl/N-ethyl adjacent to an activating group) is 1. The number of carbonyl (C=O) groups excluding carboxylic acids is 1. The number of anilines is 1. The van der Waals surface area contributed by atoms with E-state index in [4.69, 9.17) is 4.98 Å². The number of hydrogen-bond donors (Lipinski definition) is 1. The lowest BCUT2D eigenvalue weighted by Crippen LogP contribution is -2.43. The number of urea groups is 1. The zero-order valence-electron chi connectivity index (χ0n) is 21.9. The van der Waals surface area contributed by atoms with E-state index < -0.39 is 23.7 Å². The van der Waals surface area contributed by atoms with Crippen LogP contribution in [0.25, 0.3) is 16.6 Å². The summed E-state index contributed by atoms with van der Waals surface area (Å²) in [7, 11) is 3.75. The highest BCUT2D eigenvalue weighted by Gasteiger charge is 2.28. The summed E-state index contributed by atoms with van der Waals surface area (Å²) < 4.78 is 29.4. The van der Waals surface area contributed by atoms with E-state index in [1.807, 2.05) is 50.2 Å². The van der Waals surface area contributed by atoms with Crippen molar-refractivity contribution in [2.24, 2.45) is 0 Å². The summed E-state index contributed by atoms with van der Waals surface area (Å²) in [5.41, 5.74) is 1.78. The maximum Gasteiger partial charge on any atom is 0.322 e. The molecule has 0 aliphatic heterocycles. The summed E-state index contributed by atoms with van der Waals surface area (Å²) >= 11 is 0. The van der Waals surface area contributed by atoms with E-state index in [2.05, 4.69) is 5.32 Å². The molecule has 2 amide bonds. The van der Waals surface area contributed by atoms with E-state index in [1.165, 1.54) is 11.0 Å². The third-order valence-electron chi connectivity index (χ3n) is 6.48. The van der Waals surface area contributed by atoms with Crippen molar-refractivity contribution in [1.29, 1.82) is 0 Å². The Hall–Kier alpha value is -4.11. The quantitative estimate of drug-likeness (QED) is 0.339. The third-order valence-corrected chi connectivity index (χ3v) is 6.48. The van der Waals surface area contributed by atoms with Gasteiger partial charge in [0.2, 0.25) is 0 Å². The highest BCUT2D eigenvalue weighted by Crippen LogP contribution is 2.26. The molecule has 0 spiro atoms. The molecule has 0 aliphatic carbocycles. The van der Waals surface area contributed by atoms with Crippen molar-refractivity contribution in [2.75, 3.05) is 32.5 Å². The van der Waals surface area contributed by atoms with Gasteiger partial charge < -0.3 is 15.1 Å². The number of aryl methyl sites for hydroxylation is 1. The minimum Gasteiger partial charge on any atom is -0.313 e. The topological polar surface area (TPSA) is 70.5 Å². The fourth-order valence-corrected chi connectivity index (χ4v) is 4.39. The average molecular weight is 520 g/mol. The van der Waals surface area contributed by atoms with Crippen molar-refractivity contribution >= 4 is 22.6 Å². The van der Waals surface area contributed by atoms with Crippen LogP contribution in [0.15, 0.2) is 71.5 Å². The van der Waals surface area contributed by atoms with Crippen molar-refractivity contribution in [3.63, 3.8) is 0 Å². The van der Waals surface area contributed by atoms with Crippen LogP contribution in [0.2, 0.25) is 0 Å². The molecule has 3 aromatic carbocycles. The molecule has 7 nitrogen and oxygen atoms in total. The second-order valence-corrected chi connectivity index (χ2v) is 9.34. The number of para-hydroxylation sites is 2. The molecule has 0 bridgehead atoms. The number of amides is 2. The van der Waals surface area contributed by atoms with Gasteiger partial charge in [-0.3, -0.25) is 9.36 Å². The third kappa shape index (κ3) is 5.57. The highest BCUT2D eigenvalue weighted by molar-refractivity contribution is 5.89. The maximum absolute atomic E-state index is 14.4. The number of nitrogens with zero attached hydrogens (tertiary/aromatic N) is 4. The Morgan fingerprint density at radius 3 is 2.45 bits per heavy atom. The molecule has 0 aliphatic rings. The van der Waals surface area contributed by atoms with Gasteiger partial charge in [0.05, 0.1) is 28.3 Å². The van der Waals surface area contributed by atoms with Gasteiger partial charge in [-0.2, -0.15) is 0 Å². The molecule has 198 valence electrons. The molecule has 0 fully saturated rings. The van der Waals surface area contributed by atoms with Gasteiger partial charge in [-0.25, -0.2) is 18.6 Å². The minimum atomic E-state index is -0.879. The second-order valence-electron chi connectivity index (χ2n) is 9.34. The lowest BCUT2D eigenvalue weighted by Gasteiger charge is -2.32. The van der Waals surface area contributed by atoms with Gasteiger partial charge >= 0.3 is 6.03 Å². The van der Waals surface area contributed by atoms with Crippen LogP contribution in [0, 0.1) is 11.6 Å². The molecule has 38 heavy (non-hydrogen) atoms. The maximum atomic E-state index is 14.4. The Morgan fingerprint density at radius 2 is 1.74 bits per heavy atom. The van der Waals surface area contributed by atoms with Gasteiger partial charge in [0.1, 0.15) is 17.5 Å². The molecular weight excluding hydrogens is 488 g/mol. The van der Waals surface area contributed by atoms with Crippen LogP contribution in [0.3, 0.4) is 0 Å². The molecule has 1 atom stereocenters. The van der Waals surface area contributed by atoms with E-state index in [9.17, 15) is 18.4 Å². The highest BCUT2D eigenvalue weighted by atomic mass is 19.1. The molecule has 1 unspecified atom stereocenters. The Bertz CT molecular complexity index is 1520. The van der Waals surface area contributed by atoms with Crippen molar-refractivity contribution in [3.05, 3.63) is 100 Å². The van der Waals surface area contributed by atoms with Crippen molar-refractivity contribution < 1.29 is 13.6 Å². The van der Waals surface area contributed by atoms with E-state index in [0.717, 1.165) is 11.6 Å². The number of aromatic nitrogens is 2. The van der Waals surface area contributed by atoms with E-state index in [1.54, 1.807) is 35.8 Å². The largest absolute Gasteiger partial charge is 0.322 e. The van der Waals surface area contributed by atoms with Crippen LogP contribution < -0.4 is 10.9 Å². The summed E-state index contributed by atoms with van der Waals surface area (Å²) in [4.78, 5) is 35.7. The Labute approximate surface area is 220 Å². The first-order chi connectivity index (χ1) is 18.2. The van der Waals surface area contributed by atoms with E-state index in [-0.39, 0.29) is 17.8 Å². The van der Waals surface area contributed by atoms with Crippen molar-refractivity contribution in [1.82, 2.24) is 19.4 Å². The van der Waals surface area contributed by atoms with Crippen LogP contribution in [-0.4, -0.2) is 52.6 Å². The number of halogens is 2. The van der Waals surface area contributed by atoms with Crippen LogP contribution in [0.1, 0.15) is 31.3 Å². The molecule has 1 N–H and O–H groups in total. The predicted octanol–water partition coefficient (Wildman–Crippen LogP) is 5.38. The SMILES string of the molecule is CCc1ccccc1-n1c(C(C)N(CCN(C)C)C(=O)Nc2ccc(F)cc2F)nc2ccccc2c1=O. The first-order valence-electron chi connectivity index (χ1n) is 12.5. The molecule has 1 aromatic heterocycles. The van der Waals surface area contributed by atoms with Crippen molar-refractivity contribution in [3.8, 4) is 5.69 Å². The number of benzene rings is 3.